The molecule has 1 heterocycles. The molecule has 0 aliphatic carbocycles. The Kier molecular flexibility index (Phi) is 9.11. The maximum atomic E-state index is 13.4. The molecule has 4 rings (SSSR count). The van der Waals surface area contributed by atoms with Crippen LogP contribution in [0.15, 0.2) is 71.8 Å². The predicted octanol–water partition coefficient (Wildman–Crippen LogP) is 8.32. The van der Waals surface area contributed by atoms with Crippen molar-refractivity contribution in [3.63, 3.8) is 0 Å². The average Bonchev–Trinajstić information content (AvgIpc) is 2.87. The molecule has 37 heavy (non-hydrogen) atoms. The lowest BCUT2D eigenvalue weighted by Crippen LogP contribution is -2.23. The fraction of sp³-hybridized carbons (Fsp3) is 0.222. The number of benzene rings is 3. The summed E-state index contributed by atoms with van der Waals surface area (Å²) in [6.45, 7) is 6.64. The first kappa shape index (κ1) is 27.8. The third-order valence-electron chi connectivity index (χ3n) is 5.41. The number of nitrogens with zero attached hydrogens (tertiary/aromatic N) is 3. The summed E-state index contributed by atoms with van der Waals surface area (Å²) in [4.78, 5) is 18.1. The lowest BCUT2D eigenvalue weighted by atomic mass is 10.2. The molecule has 3 aromatic carbocycles. The van der Waals surface area contributed by atoms with Crippen molar-refractivity contribution in [2.75, 3.05) is 6.61 Å². The van der Waals surface area contributed by atoms with Gasteiger partial charge in [-0.25, -0.2) is 4.98 Å². The summed E-state index contributed by atoms with van der Waals surface area (Å²) in [6.07, 6.45) is 1.61. The van der Waals surface area contributed by atoms with Crippen molar-refractivity contribution < 1.29 is 9.47 Å². The molecule has 4 aromatic rings. The molecule has 6 nitrogen and oxygen atoms in total. The zero-order valence-electron chi connectivity index (χ0n) is 20.3. The van der Waals surface area contributed by atoms with E-state index in [0.717, 1.165) is 10.0 Å². The second-order valence-corrected chi connectivity index (χ2v) is 11.4. The highest BCUT2D eigenvalue weighted by atomic mass is 79.9. The number of fused-ring (bicyclic) bond motifs is 1. The molecular weight excluding hydrogens is 689 g/mol. The number of hydrogen-bond acceptors (Lipinski definition) is 5. The Bertz CT molecular complexity index is 1540. The largest absolute Gasteiger partial charge is 0.490 e. The van der Waals surface area contributed by atoms with E-state index < -0.39 is 0 Å². The fourth-order valence-electron chi connectivity index (χ4n) is 3.60. The Hall–Kier alpha value is -2.20. The first-order valence-corrected chi connectivity index (χ1v) is 14.2. The zero-order valence-corrected chi connectivity index (χ0v) is 25.8. The highest BCUT2D eigenvalue weighted by Gasteiger charge is 2.18. The molecule has 10 heteroatoms. The van der Waals surface area contributed by atoms with E-state index in [2.05, 4.69) is 52.9 Å². The Morgan fingerprint density at radius 3 is 2.46 bits per heavy atom. The summed E-state index contributed by atoms with van der Waals surface area (Å²) in [5, 5.41) is 5.70. The molecule has 0 radical (unpaired) electrons. The molecule has 0 amide bonds. The quantitative estimate of drug-likeness (QED) is 0.173. The van der Waals surface area contributed by atoms with Crippen LogP contribution in [-0.2, 0) is 6.61 Å². The minimum Gasteiger partial charge on any atom is -0.490 e. The Morgan fingerprint density at radius 1 is 1.05 bits per heavy atom. The topological polar surface area (TPSA) is 65.7 Å². The van der Waals surface area contributed by atoms with Crippen molar-refractivity contribution in [3.8, 4) is 11.5 Å². The van der Waals surface area contributed by atoms with E-state index in [1.807, 2.05) is 63.2 Å². The van der Waals surface area contributed by atoms with Gasteiger partial charge in [0.2, 0.25) is 0 Å². The second kappa shape index (κ2) is 12.1. The van der Waals surface area contributed by atoms with Gasteiger partial charge in [0, 0.05) is 25.4 Å². The SMILES string of the molecule is CCOc1cc(C=Nn2c(C(C)C)nc3ccc(Br)cc3c2=O)c(Br)c(Br)c1OCc1ccc(Cl)cc1. The summed E-state index contributed by atoms with van der Waals surface area (Å²) >= 11 is 16.7. The van der Waals surface area contributed by atoms with E-state index >= 15 is 0 Å². The number of aromatic nitrogens is 2. The van der Waals surface area contributed by atoms with Crippen LogP contribution in [0.3, 0.4) is 0 Å². The summed E-state index contributed by atoms with van der Waals surface area (Å²) in [5.41, 5.74) is 2.06. The third-order valence-corrected chi connectivity index (χ3v) is 8.30. The van der Waals surface area contributed by atoms with Gasteiger partial charge >= 0.3 is 0 Å². The molecule has 0 aliphatic heterocycles. The number of ether oxygens (including phenoxy) is 2. The van der Waals surface area contributed by atoms with E-state index in [0.29, 0.717) is 61.0 Å². The van der Waals surface area contributed by atoms with Crippen molar-refractivity contribution in [1.82, 2.24) is 9.66 Å². The van der Waals surface area contributed by atoms with E-state index in [9.17, 15) is 4.79 Å². The van der Waals surface area contributed by atoms with Crippen molar-refractivity contribution in [2.45, 2.75) is 33.3 Å². The van der Waals surface area contributed by atoms with E-state index in [1.54, 1.807) is 12.3 Å². The molecule has 0 fully saturated rings. The monoisotopic (exact) mass is 709 g/mol. The van der Waals surface area contributed by atoms with Crippen molar-refractivity contribution >= 4 is 76.5 Å². The zero-order chi connectivity index (χ0) is 26.7. The van der Waals surface area contributed by atoms with Crippen LogP contribution in [0.4, 0.5) is 0 Å². The molecule has 0 aliphatic rings. The standard InChI is InChI=1S/C27H23Br3ClN3O3/c1-4-36-22-11-17(23(29)24(30)25(22)37-14-16-5-8-19(31)9-6-16)13-32-34-26(15(2)3)33-21-10-7-18(28)12-20(21)27(34)35/h5-13,15H,4,14H2,1-3H3. The molecule has 0 saturated carbocycles. The summed E-state index contributed by atoms with van der Waals surface area (Å²) in [7, 11) is 0. The van der Waals surface area contributed by atoms with Crippen molar-refractivity contribution in [2.24, 2.45) is 5.10 Å². The van der Waals surface area contributed by atoms with Crippen LogP contribution in [0.5, 0.6) is 11.5 Å². The van der Waals surface area contributed by atoms with Gasteiger partial charge in [-0.15, -0.1) is 0 Å². The van der Waals surface area contributed by atoms with E-state index in [-0.39, 0.29) is 11.5 Å². The minimum atomic E-state index is -0.241. The third kappa shape index (κ3) is 6.28. The van der Waals surface area contributed by atoms with E-state index in [1.165, 1.54) is 4.68 Å². The molecule has 0 atom stereocenters. The van der Waals surface area contributed by atoms with Gasteiger partial charge in [0.25, 0.3) is 5.56 Å². The second-order valence-electron chi connectivity index (χ2n) is 8.42. The van der Waals surface area contributed by atoms with Crippen LogP contribution in [-0.4, -0.2) is 22.5 Å². The van der Waals surface area contributed by atoms with E-state index in [4.69, 9.17) is 26.1 Å². The summed E-state index contributed by atoms with van der Waals surface area (Å²) < 4.78 is 15.5. The van der Waals surface area contributed by atoms with Gasteiger partial charge in [0.1, 0.15) is 12.4 Å². The fourth-order valence-corrected chi connectivity index (χ4v) is 5.03. The molecule has 0 saturated heterocycles. The lowest BCUT2D eigenvalue weighted by Gasteiger charge is -2.17. The molecule has 0 spiro atoms. The summed E-state index contributed by atoms with van der Waals surface area (Å²) in [6, 6.07) is 14.7. The Labute approximate surface area is 245 Å². The minimum absolute atomic E-state index is 0.0179. The first-order valence-electron chi connectivity index (χ1n) is 11.5. The average molecular weight is 713 g/mol. The molecule has 0 N–H and O–H groups in total. The molecule has 0 bridgehead atoms. The molecule has 1 aromatic heterocycles. The van der Waals surface area contributed by atoms with Gasteiger partial charge in [-0.2, -0.15) is 9.78 Å². The normalized spacial score (nSPS) is 11.6. The lowest BCUT2D eigenvalue weighted by molar-refractivity contribution is 0.267. The van der Waals surface area contributed by atoms with Crippen molar-refractivity contribution in [3.05, 3.63) is 94.3 Å². The van der Waals surface area contributed by atoms with Gasteiger partial charge in [-0.05, 0) is 80.7 Å². The molecule has 192 valence electrons. The van der Waals surface area contributed by atoms with Gasteiger partial charge in [-0.3, -0.25) is 4.79 Å². The maximum Gasteiger partial charge on any atom is 0.282 e. The van der Waals surface area contributed by atoms with Gasteiger partial charge in [0.15, 0.2) is 11.5 Å². The van der Waals surface area contributed by atoms with Crippen LogP contribution < -0.4 is 15.0 Å². The summed E-state index contributed by atoms with van der Waals surface area (Å²) in [5.74, 6) is 1.65. The Morgan fingerprint density at radius 2 is 1.78 bits per heavy atom. The van der Waals surface area contributed by atoms with Gasteiger partial charge in [-0.1, -0.05) is 53.5 Å². The number of halogens is 4. The highest BCUT2D eigenvalue weighted by Crippen LogP contribution is 2.43. The first-order chi connectivity index (χ1) is 17.7. The smallest absolute Gasteiger partial charge is 0.282 e. The highest BCUT2D eigenvalue weighted by molar-refractivity contribution is 9.13. The van der Waals surface area contributed by atoms with Gasteiger partial charge < -0.3 is 9.47 Å². The number of hydrogen-bond donors (Lipinski definition) is 0. The van der Waals surface area contributed by atoms with Crippen LogP contribution in [0, 0.1) is 0 Å². The van der Waals surface area contributed by atoms with Crippen LogP contribution in [0.25, 0.3) is 10.9 Å². The van der Waals surface area contributed by atoms with Crippen LogP contribution in [0.2, 0.25) is 5.02 Å². The Balaban J connectivity index is 1.75. The molecule has 0 unspecified atom stereocenters. The molecular formula is C27H23Br3ClN3O3. The maximum absolute atomic E-state index is 13.4. The van der Waals surface area contributed by atoms with Crippen LogP contribution >= 0.6 is 59.4 Å². The van der Waals surface area contributed by atoms with Crippen LogP contribution in [0.1, 0.15) is 43.6 Å². The van der Waals surface area contributed by atoms with Gasteiger partial charge in [0.05, 0.1) is 28.2 Å². The number of rotatable bonds is 8. The van der Waals surface area contributed by atoms with Crippen molar-refractivity contribution in [1.29, 1.82) is 0 Å². The predicted molar refractivity (Wildman–Crippen MR) is 160 cm³/mol.